The Balaban J connectivity index is 0.000000320. The summed E-state index contributed by atoms with van der Waals surface area (Å²) in [6.45, 7) is 29.2. The van der Waals surface area contributed by atoms with E-state index in [9.17, 15) is 0 Å². The van der Waals surface area contributed by atoms with E-state index in [1.807, 2.05) is 6.20 Å². The summed E-state index contributed by atoms with van der Waals surface area (Å²) in [4.78, 5) is 10.3. The molecule has 0 aliphatic rings. The minimum atomic E-state index is 0. The first-order valence-corrected chi connectivity index (χ1v) is 17.3. The maximum atomic E-state index is 3.95. The number of fused-ring (bicyclic) bond motifs is 1. The van der Waals surface area contributed by atoms with Crippen LogP contribution >= 0.6 is 0 Å². The quantitative estimate of drug-likeness (QED) is 0.199. The van der Waals surface area contributed by atoms with Crippen LogP contribution in [-0.2, 0) is 25.7 Å². The lowest BCUT2D eigenvalue weighted by atomic mass is 9.88. The molecule has 3 nitrogen and oxygen atoms in total. The van der Waals surface area contributed by atoms with E-state index < -0.39 is 0 Å². The highest BCUT2D eigenvalue weighted by Crippen LogP contribution is 2.26. The molecule has 0 saturated carbocycles. The molecule has 0 aliphatic carbocycles. The zero-order chi connectivity index (χ0) is 35.3. The van der Waals surface area contributed by atoms with Crippen molar-refractivity contribution in [1.29, 1.82) is 0 Å². The van der Waals surface area contributed by atoms with Gasteiger partial charge in [-0.05, 0) is 77.0 Å². The van der Waals surface area contributed by atoms with Crippen LogP contribution in [0.3, 0.4) is 0 Å². The standard InChI is InChI=1S/C13H17N.C12H18.C11H16.C8H14N2.CH4/c1-13(2,3)8-10-9-14-12-7-5-4-6-11(10)12;1-10-5-7-11(8-6-10)9-12(2,3)4;1-11(2,3)9-10-7-5-4-6-8-10;1-8(2,3)4-7-5-9-6-10-7;/h4-7,9,14H,8H2,1-3H3;5-8H,9H2,1-4H3;4-8H,9H2,1-3H3;5-6H,4H2,1-3H3,(H,9,10);1H4. The molecule has 5 aromatic rings. The van der Waals surface area contributed by atoms with Crippen LogP contribution in [-0.4, -0.2) is 15.0 Å². The van der Waals surface area contributed by atoms with Crippen LogP contribution in [0.5, 0.6) is 0 Å². The van der Waals surface area contributed by atoms with Crippen LogP contribution in [0, 0.1) is 28.6 Å². The molecule has 0 bridgehead atoms. The average Bonchev–Trinajstić information content (AvgIpc) is 3.58. The number of benzene rings is 3. The SMILES string of the molecule is C.CC(C)(C)Cc1c[nH]c2ccccc12.CC(C)(C)Cc1ccccc1.CC(C)(C)Cc1cnc[nH]1.Cc1ccc(CC(C)(C)C)cc1. The zero-order valence-electron chi connectivity index (χ0n) is 32.0. The van der Waals surface area contributed by atoms with E-state index in [1.54, 1.807) is 6.33 Å². The Labute approximate surface area is 295 Å². The van der Waals surface area contributed by atoms with Crippen molar-refractivity contribution in [3.63, 3.8) is 0 Å². The topological polar surface area (TPSA) is 44.5 Å². The molecule has 48 heavy (non-hydrogen) atoms. The summed E-state index contributed by atoms with van der Waals surface area (Å²) in [5.41, 5.74) is 9.60. The van der Waals surface area contributed by atoms with Gasteiger partial charge in [-0.1, -0.05) is 169 Å². The first-order chi connectivity index (χ1) is 21.7. The van der Waals surface area contributed by atoms with Crippen molar-refractivity contribution in [2.75, 3.05) is 0 Å². The van der Waals surface area contributed by atoms with Crippen LogP contribution in [0.4, 0.5) is 0 Å². The Kier molecular flexibility index (Phi) is 16.6. The molecule has 0 amide bonds. The van der Waals surface area contributed by atoms with E-state index in [-0.39, 0.29) is 7.43 Å². The molecule has 0 fully saturated rings. The number of imidazole rings is 1. The van der Waals surface area contributed by atoms with Gasteiger partial charge in [0.25, 0.3) is 0 Å². The Bertz CT molecular complexity index is 1530. The summed E-state index contributed by atoms with van der Waals surface area (Å²) in [7, 11) is 0. The van der Waals surface area contributed by atoms with E-state index in [4.69, 9.17) is 0 Å². The third kappa shape index (κ3) is 19.3. The highest BCUT2D eigenvalue weighted by molar-refractivity contribution is 5.83. The number of aryl methyl sites for hydroxylation is 1. The zero-order valence-corrected chi connectivity index (χ0v) is 32.0. The van der Waals surface area contributed by atoms with E-state index >= 15 is 0 Å². The highest BCUT2D eigenvalue weighted by atomic mass is 14.9. The summed E-state index contributed by atoms with van der Waals surface area (Å²) < 4.78 is 0. The first kappa shape index (κ1) is 42.4. The lowest BCUT2D eigenvalue weighted by Gasteiger charge is -2.17. The van der Waals surface area contributed by atoms with E-state index in [0.29, 0.717) is 21.7 Å². The number of rotatable bonds is 4. The number of aromatic nitrogens is 3. The Morgan fingerprint density at radius 3 is 1.48 bits per heavy atom. The lowest BCUT2D eigenvalue weighted by molar-refractivity contribution is 0.407. The molecular formula is C45H69N3. The third-order valence-corrected chi connectivity index (χ3v) is 7.10. The summed E-state index contributed by atoms with van der Waals surface area (Å²) in [6, 6.07) is 27.9. The number of nitrogens with zero attached hydrogens (tertiary/aromatic N) is 1. The summed E-state index contributed by atoms with van der Waals surface area (Å²) >= 11 is 0. The average molecular weight is 652 g/mol. The summed E-state index contributed by atoms with van der Waals surface area (Å²) in [5, 5.41) is 1.36. The maximum Gasteiger partial charge on any atom is 0.0921 e. The van der Waals surface area contributed by atoms with E-state index in [0.717, 1.165) is 25.7 Å². The van der Waals surface area contributed by atoms with Crippen molar-refractivity contribution in [3.05, 3.63) is 126 Å². The molecular weight excluding hydrogens is 583 g/mol. The molecule has 0 spiro atoms. The summed E-state index contributed by atoms with van der Waals surface area (Å²) in [5.74, 6) is 0. The molecule has 3 heteroatoms. The number of aromatic amines is 2. The van der Waals surface area contributed by atoms with E-state index in [1.165, 1.54) is 38.9 Å². The Hall–Kier alpha value is -3.59. The molecule has 2 heterocycles. The molecule has 2 N–H and O–H groups in total. The minimum absolute atomic E-state index is 0. The molecule has 5 rings (SSSR count). The van der Waals surface area contributed by atoms with Crippen molar-refractivity contribution in [2.45, 2.75) is 123 Å². The fourth-order valence-corrected chi connectivity index (χ4v) is 5.33. The van der Waals surface area contributed by atoms with Gasteiger partial charge in [-0.2, -0.15) is 0 Å². The number of hydrogen-bond donors (Lipinski definition) is 2. The second-order valence-electron chi connectivity index (χ2n) is 17.9. The predicted octanol–water partition coefficient (Wildman–Crippen LogP) is 13.2. The summed E-state index contributed by atoms with van der Waals surface area (Å²) in [6.07, 6.45) is 10.2. The molecule has 0 unspecified atom stereocenters. The van der Waals surface area contributed by atoms with Gasteiger partial charge in [0.15, 0.2) is 0 Å². The normalized spacial score (nSPS) is 11.6. The highest BCUT2D eigenvalue weighted by Gasteiger charge is 2.14. The third-order valence-electron chi connectivity index (χ3n) is 7.10. The van der Waals surface area contributed by atoms with Gasteiger partial charge in [0.2, 0.25) is 0 Å². The van der Waals surface area contributed by atoms with Crippen LogP contribution in [0.2, 0.25) is 0 Å². The van der Waals surface area contributed by atoms with Crippen LogP contribution in [0.15, 0.2) is 97.6 Å². The second kappa shape index (κ2) is 18.8. The van der Waals surface area contributed by atoms with Crippen LogP contribution < -0.4 is 0 Å². The molecule has 0 saturated heterocycles. The molecule has 0 atom stereocenters. The number of hydrogen-bond acceptors (Lipinski definition) is 1. The van der Waals surface area contributed by atoms with Crippen LogP contribution in [0.25, 0.3) is 10.9 Å². The van der Waals surface area contributed by atoms with Crippen molar-refractivity contribution in [2.24, 2.45) is 21.7 Å². The van der Waals surface area contributed by atoms with Crippen LogP contribution in [0.1, 0.15) is 118 Å². The molecule has 0 radical (unpaired) electrons. The first-order valence-electron chi connectivity index (χ1n) is 17.3. The Morgan fingerprint density at radius 1 is 0.521 bits per heavy atom. The van der Waals surface area contributed by atoms with Gasteiger partial charge in [-0.15, -0.1) is 0 Å². The Morgan fingerprint density at radius 2 is 1.00 bits per heavy atom. The number of para-hydroxylation sites is 1. The smallest absolute Gasteiger partial charge is 0.0921 e. The van der Waals surface area contributed by atoms with Gasteiger partial charge in [0.1, 0.15) is 0 Å². The van der Waals surface area contributed by atoms with Crippen molar-refractivity contribution >= 4 is 10.9 Å². The largest absolute Gasteiger partial charge is 0.361 e. The van der Waals surface area contributed by atoms with Gasteiger partial charge in [0.05, 0.1) is 6.33 Å². The molecule has 2 aromatic heterocycles. The minimum Gasteiger partial charge on any atom is -0.361 e. The monoisotopic (exact) mass is 652 g/mol. The molecule has 0 aliphatic heterocycles. The second-order valence-corrected chi connectivity index (χ2v) is 17.9. The number of H-pyrrole nitrogens is 2. The predicted molar refractivity (Wildman–Crippen MR) is 214 cm³/mol. The van der Waals surface area contributed by atoms with Crippen molar-refractivity contribution < 1.29 is 0 Å². The van der Waals surface area contributed by atoms with Gasteiger partial charge < -0.3 is 9.97 Å². The van der Waals surface area contributed by atoms with Gasteiger partial charge >= 0.3 is 0 Å². The van der Waals surface area contributed by atoms with Gasteiger partial charge in [-0.3, -0.25) is 0 Å². The molecule has 3 aromatic carbocycles. The number of nitrogens with one attached hydrogen (secondary N) is 2. The fraction of sp³-hybridized carbons (Fsp3) is 0.489. The lowest BCUT2D eigenvalue weighted by Crippen LogP contribution is -2.09. The molecule has 264 valence electrons. The fourth-order valence-electron chi connectivity index (χ4n) is 5.33. The van der Waals surface area contributed by atoms with Gasteiger partial charge in [0, 0.05) is 29.0 Å². The van der Waals surface area contributed by atoms with Gasteiger partial charge in [-0.25, -0.2) is 4.98 Å². The van der Waals surface area contributed by atoms with Crippen molar-refractivity contribution in [1.82, 2.24) is 15.0 Å². The maximum absolute atomic E-state index is 3.95. The van der Waals surface area contributed by atoms with E-state index in [2.05, 4.69) is 190 Å². The van der Waals surface area contributed by atoms with Crippen molar-refractivity contribution in [3.8, 4) is 0 Å².